The van der Waals surface area contributed by atoms with Gasteiger partial charge in [0.25, 0.3) is 0 Å². The molecule has 0 fully saturated rings. The molecule has 0 heterocycles. The number of rotatable bonds is 3. The van der Waals surface area contributed by atoms with Crippen LogP contribution in [0.15, 0.2) is 18.2 Å². The zero-order valence-electron chi connectivity index (χ0n) is 8.98. The molecule has 5 heteroatoms. The molecule has 2 nitrogen and oxygen atoms in total. The lowest BCUT2D eigenvalue weighted by atomic mass is 9.98. The van der Waals surface area contributed by atoms with E-state index >= 15 is 0 Å². The minimum absolute atomic E-state index is 0.103. The Hall–Kier alpha value is -1.36. The largest absolute Gasteiger partial charge is 0.417 e. The van der Waals surface area contributed by atoms with E-state index in [1.807, 2.05) is 0 Å². The van der Waals surface area contributed by atoms with Gasteiger partial charge in [0.1, 0.15) is 0 Å². The zero-order chi connectivity index (χ0) is 12.3. The molecule has 0 saturated heterocycles. The molecule has 88 valence electrons. The van der Waals surface area contributed by atoms with Crippen molar-refractivity contribution in [2.24, 2.45) is 0 Å². The summed E-state index contributed by atoms with van der Waals surface area (Å²) in [5.41, 5.74) is -0.771. The Bertz CT molecular complexity index is 399. The molecule has 0 aliphatic heterocycles. The van der Waals surface area contributed by atoms with E-state index in [2.05, 4.69) is 5.32 Å². The first kappa shape index (κ1) is 12.7. The molecule has 0 aliphatic rings. The normalized spacial score (nSPS) is 11.6. The zero-order valence-corrected chi connectivity index (χ0v) is 8.98. The first-order valence-electron chi connectivity index (χ1n) is 4.72. The lowest BCUT2D eigenvalue weighted by Crippen LogP contribution is -2.23. The van der Waals surface area contributed by atoms with Crippen LogP contribution in [0.25, 0.3) is 0 Å². The second-order valence-electron chi connectivity index (χ2n) is 3.45. The van der Waals surface area contributed by atoms with Crippen LogP contribution in [0, 0.1) is 6.92 Å². The average Bonchev–Trinajstić information content (AvgIpc) is 2.16. The topological polar surface area (TPSA) is 29.1 Å². The minimum Gasteiger partial charge on any atom is -0.313 e. The van der Waals surface area contributed by atoms with Gasteiger partial charge in [-0.15, -0.1) is 0 Å². The van der Waals surface area contributed by atoms with E-state index in [4.69, 9.17) is 0 Å². The molecular formula is C11H12F3NO. The van der Waals surface area contributed by atoms with Gasteiger partial charge in [0.2, 0.25) is 0 Å². The summed E-state index contributed by atoms with van der Waals surface area (Å²) in [6.07, 6.45) is -4.50. The van der Waals surface area contributed by atoms with Gasteiger partial charge in [-0.25, -0.2) is 0 Å². The molecule has 0 aromatic heterocycles. The third-order valence-corrected chi connectivity index (χ3v) is 2.19. The number of likely N-dealkylation sites (N-methyl/N-ethyl adjacent to an activating group) is 1. The summed E-state index contributed by atoms with van der Waals surface area (Å²) < 4.78 is 38.0. The van der Waals surface area contributed by atoms with Crippen LogP contribution in [0.5, 0.6) is 0 Å². The van der Waals surface area contributed by atoms with Gasteiger partial charge in [0, 0.05) is 5.56 Å². The van der Waals surface area contributed by atoms with Crippen molar-refractivity contribution in [1.82, 2.24) is 5.32 Å². The highest BCUT2D eigenvalue weighted by Gasteiger charge is 2.35. The smallest absolute Gasteiger partial charge is 0.313 e. The van der Waals surface area contributed by atoms with Crippen LogP contribution in [0.2, 0.25) is 0 Å². The van der Waals surface area contributed by atoms with E-state index < -0.39 is 17.5 Å². The molecule has 0 bridgehead atoms. The van der Waals surface area contributed by atoms with Crippen molar-refractivity contribution in [1.29, 1.82) is 0 Å². The number of benzene rings is 1. The molecule has 1 rings (SSSR count). The number of hydrogen-bond acceptors (Lipinski definition) is 2. The van der Waals surface area contributed by atoms with E-state index in [1.54, 1.807) is 0 Å². The summed E-state index contributed by atoms with van der Waals surface area (Å²) in [6.45, 7) is 1.39. The van der Waals surface area contributed by atoms with Crippen LogP contribution >= 0.6 is 0 Å². The predicted octanol–water partition coefficient (Wildman–Crippen LogP) is 2.42. The summed E-state index contributed by atoms with van der Waals surface area (Å²) in [6, 6.07) is 3.72. The maximum atomic E-state index is 12.7. The van der Waals surface area contributed by atoms with Crippen molar-refractivity contribution in [2.75, 3.05) is 13.6 Å². The number of Topliss-reactive ketones (excluding diaryl/α,β-unsaturated/α-hetero) is 1. The van der Waals surface area contributed by atoms with Crippen molar-refractivity contribution < 1.29 is 18.0 Å². The molecule has 0 unspecified atom stereocenters. The molecular weight excluding hydrogens is 219 g/mol. The van der Waals surface area contributed by atoms with E-state index in [0.717, 1.165) is 6.07 Å². The predicted molar refractivity (Wildman–Crippen MR) is 54.4 cm³/mol. The van der Waals surface area contributed by atoms with Crippen molar-refractivity contribution in [2.45, 2.75) is 13.1 Å². The molecule has 1 N–H and O–H groups in total. The molecule has 0 spiro atoms. The van der Waals surface area contributed by atoms with Crippen LogP contribution in [0.1, 0.15) is 21.5 Å². The van der Waals surface area contributed by atoms with Crippen molar-refractivity contribution >= 4 is 5.78 Å². The molecule has 0 amide bonds. The summed E-state index contributed by atoms with van der Waals surface area (Å²) >= 11 is 0. The number of ketones is 1. The fourth-order valence-corrected chi connectivity index (χ4v) is 1.52. The maximum Gasteiger partial charge on any atom is 0.417 e. The minimum atomic E-state index is -4.50. The summed E-state index contributed by atoms with van der Waals surface area (Å²) in [5.74, 6) is -0.548. The number of nitrogens with one attached hydrogen (secondary N) is 1. The fourth-order valence-electron chi connectivity index (χ4n) is 1.52. The molecule has 1 aromatic carbocycles. The van der Waals surface area contributed by atoms with Crippen LogP contribution in [0.3, 0.4) is 0 Å². The van der Waals surface area contributed by atoms with Crippen LogP contribution in [0.4, 0.5) is 13.2 Å². The number of halogens is 3. The second-order valence-corrected chi connectivity index (χ2v) is 3.45. The Balaban J connectivity index is 3.30. The van der Waals surface area contributed by atoms with Gasteiger partial charge in [-0.2, -0.15) is 13.2 Å². The number of hydrogen-bond donors (Lipinski definition) is 1. The Morgan fingerprint density at radius 1 is 1.38 bits per heavy atom. The lowest BCUT2D eigenvalue weighted by Gasteiger charge is -2.14. The van der Waals surface area contributed by atoms with Crippen LogP contribution < -0.4 is 5.32 Å². The standard InChI is InChI=1S/C11H12F3NO/c1-7-4-3-5-8(11(12,13)14)10(7)9(16)6-15-2/h3-5,15H,6H2,1-2H3. The quantitative estimate of drug-likeness (QED) is 0.809. The second kappa shape index (κ2) is 4.65. The number of carbonyl (C=O) groups excluding carboxylic acids is 1. The molecule has 0 aliphatic carbocycles. The first-order valence-corrected chi connectivity index (χ1v) is 4.72. The summed E-state index contributed by atoms with van der Waals surface area (Å²) in [4.78, 5) is 11.6. The van der Waals surface area contributed by atoms with Gasteiger partial charge >= 0.3 is 6.18 Å². The third-order valence-electron chi connectivity index (χ3n) is 2.19. The Kier molecular flexibility index (Phi) is 3.70. The lowest BCUT2D eigenvalue weighted by molar-refractivity contribution is -0.137. The van der Waals surface area contributed by atoms with Crippen molar-refractivity contribution in [3.63, 3.8) is 0 Å². The summed E-state index contributed by atoms with van der Waals surface area (Å²) in [5, 5.41) is 2.55. The Morgan fingerprint density at radius 3 is 2.50 bits per heavy atom. The van der Waals surface area contributed by atoms with Gasteiger partial charge < -0.3 is 5.32 Å². The van der Waals surface area contributed by atoms with E-state index in [-0.39, 0.29) is 12.1 Å². The van der Waals surface area contributed by atoms with Gasteiger partial charge in [-0.05, 0) is 25.6 Å². The Morgan fingerprint density at radius 2 is 2.00 bits per heavy atom. The number of carbonyl (C=O) groups is 1. The van der Waals surface area contributed by atoms with Crippen molar-refractivity contribution in [3.8, 4) is 0 Å². The van der Waals surface area contributed by atoms with E-state index in [1.165, 1.54) is 26.1 Å². The number of alkyl halides is 3. The fraction of sp³-hybridized carbons (Fsp3) is 0.364. The van der Waals surface area contributed by atoms with Gasteiger partial charge in [-0.1, -0.05) is 12.1 Å². The number of aryl methyl sites for hydroxylation is 1. The third kappa shape index (κ3) is 2.61. The highest BCUT2D eigenvalue weighted by molar-refractivity contribution is 6.00. The SMILES string of the molecule is CNCC(=O)c1c(C)cccc1C(F)(F)F. The molecule has 16 heavy (non-hydrogen) atoms. The average molecular weight is 231 g/mol. The van der Waals surface area contributed by atoms with Crippen LogP contribution in [-0.2, 0) is 6.18 Å². The van der Waals surface area contributed by atoms with E-state index in [9.17, 15) is 18.0 Å². The summed E-state index contributed by atoms with van der Waals surface area (Å²) in [7, 11) is 1.52. The van der Waals surface area contributed by atoms with E-state index in [0.29, 0.717) is 5.56 Å². The molecule has 0 radical (unpaired) electrons. The highest BCUT2D eigenvalue weighted by Crippen LogP contribution is 2.33. The molecule has 0 atom stereocenters. The van der Waals surface area contributed by atoms with Gasteiger partial charge in [0.05, 0.1) is 12.1 Å². The first-order chi connectivity index (χ1) is 7.38. The maximum absolute atomic E-state index is 12.7. The van der Waals surface area contributed by atoms with Gasteiger partial charge in [-0.3, -0.25) is 4.79 Å². The highest BCUT2D eigenvalue weighted by atomic mass is 19.4. The van der Waals surface area contributed by atoms with Crippen LogP contribution in [-0.4, -0.2) is 19.4 Å². The van der Waals surface area contributed by atoms with Crippen molar-refractivity contribution in [3.05, 3.63) is 34.9 Å². The molecule has 1 aromatic rings. The van der Waals surface area contributed by atoms with Gasteiger partial charge in [0.15, 0.2) is 5.78 Å². The Labute approximate surface area is 91.5 Å². The monoisotopic (exact) mass is 231 g/mol. The molecule has 0 saturated carbocycles.